The first kappa shape index (κ1) is 17.9. The van der Waals surface area contributed by atoms with E-state index in [4.69, 9.17) is 4.74 Å². The summed E-state index contributed by atoms with van der Waals surface area (Å²) in [5.74, 6) is -0.770. The number of hydrogen-bond donors (Lipinski definition) is 0. The summed E-state index contributed by atoms with van der Waals surface area (Å²) in [6.45, 7) is 4.31. The lowest BCUT2D eigenvalue weighted by molar-refractivity contribution is 0.201. The van der Waals surface area contributed by atoms with Gasteiger partial charge in [-0.1, -0.05) is 6.07 Å². The van der Waals surface area contributed by atoms with Crippen LogP contribution in [0.4, 0.5) is 9.18 Å². The lowest BCUT2D eigenvalue weighted by atomic mass is 10.3. The molecule has 0 saturated carbocycles. The van der Waals surface area contributed by atoms with Gasteiger partial charge < -0.3 is 9.64 Å². The number of ether oxygens (including phenoxy) is 1. The molecule has 24 heavy (non-hydrogen) atoms. The number of rotatable bonds is 5. The number of sulfone groups is 1. The number of halogens is 1. The van der Waals surface area contributed by atoms with Crippen molar-refractivity contribution in [3.05, 3.63) is 36.3 Å². The highest BCUT2D eigenvalue weighted by Crippen LogP contribution is 2.25. The van der Waals surface area contributed by atoms with Crippen LogP contribution in [0.3, 0.4) is 0 Å². The van der Waals surface area contributed by atoms with Gasteiger partial charge in [0.15, 0.2) is 5.82 Å². The van der Waals surface area contributed by atoms with Gasteiger partial charge in [-0.3, -0.25) is 0 Å². The van der Waals surface area contributed by atoms with Gasteiger partial charge in [0.1, 0.15) is 5.75 Å². The number of methoxy groups -OCH3 is 1. The molecular formula is C15H18FN3O4S. The Hall–Kier alpha value is -2.42. The molecule has 7 nitrogen and oxygen atoms in total. The van der Waals surface area contributed by atoms with Crippen LogP contribution in [0.15, 0.2) is 40.4 Å². The van der Waals surface area contributed by atoms with Gasteiger partial charge in [0.2, 0.25) is 14.9 Å². The van der Waals surface area contributed by atoms with Crippen molar-refractivity contribution in [1.82, 2.24) is 14.7 Å². The third kappa shape index (κ3) is 3.25. The van der Waals surface area contributed by atoms with Crippen LogP contribution in [0.25, 0.3) is 0 Å². The minimum absolute atomic E-state index is 0.165. The van der Waals surface area contributed by atoms with Crippen molar-refractivity contribution in [2.24, 2.45) is 0 Å². The Kier molecular flexibility index (Phi) is 5.23. The van der Waals surface area contributed by atoms with E-state index in [2.05, 4.69) is 5.10 Å². The van der Waals surface area contributed by atoms with E-state index in [0.29, 0.717) is 23.5 Å². The van der Waals surface area contributed by atoms with Crippen LogP contribution in [0.2, 0.25) is 0 Å². The van der Waals surface area contributed by atoms with Gasteiger partial charge in [-0.05, 0) is 32.0 Å². The first-order valence-corrected chi connectivity index (χ1v) is 8.77. The van der Waals surface area contributed by atoms with Crippen LogP contribution in [-0.2, 0) is 9.84 Å². The molecule has 2 aromatic rings. The fourth-order valence-electron chi connectivity index (χ4n) is 2.14. The molecule has 1 heterocycles. The number of nitrogens with zero attached hydrogens (tertiary/aromatic N) is 3. The summed E-state index contributed by atoms with van der Waals surface area (Å²) in [6.07, 6.45) is 0.772. The summed E-state index contributed by atoms with van der Waals surface area (Å²) < 4.78 is 45.0. The zero-order chi connectivity index (χ0) is 17.9. The molecule has 0 saturated heterocycles. The van der Waals surface area contributed by atoms with Gasteiger partial charge in [0.05, 0.1) is 18.2 Å². The largest absolute Gasteiger partial charge is 0.497 e. The van der Waals surface area contributed by atoms with Crippen LogP contribution in [0, 0.1) is 5.82 Å². The standard InChI is InChI=1S/C15H18FN3O4S/c1-4-18(5-2)15(20)19-10-13(16)14(17-19)24(21,22)12-8-6-7-11(9-12)23-3/h6-10H,4-5H2,1-3H3. The molecule has 0 unspecified atom stereocenters. The molecule has 0 aliphatic rings. The van der Waals surface area contributed by atoms with Crippen molar-refractivity contribution >= 4 is 15.9 Å². The predicted octanol–water partition coefficient (Wildman–Crippen LogP) is 2.17. The third-order valence-electron chi connectivity index (χ3n) is 3.47. The van der Waals surface area contributed by atoms with Crippen molar-refractivity contribution in [3.63, 3.8) is 0 Å². The first-order chi connectivity index (χ1) is 11.3. The number of carbonyl (C=O) groups excluding carboxylic acids is 1. The van der Waals surface area contributed by atoms with Gasteiger partial charge in [-0.25, -0.2) is 17.6 Å². The summed E-state index contributed by atoms with van der Waals surface area (Å²) in [5.41, 5.74) is 0. The molecule has 1 amide bonds. The van der Waals surface area contributed by atoms with Crippen molar-refractivity contribution in [2.75, 3.05) is 20.2 Å². The summed E-state index contributed by atoms with van der Waals surface area (Å²) in [5, 5.41) is 2.86. The fraction of sp³-hybridized carbons (Fsp3) is 0.333. The number of carbonyl (C=O) groups is 1. The molecular weight excluding hydrogens is 337 g/mol. The smallest absolute Gasteiger partial charge is 0.344 e. The molecule has 0 fully saturated rings. The van der Waals surface area contributed by atoms with Crippen molar-refractivity contribution in [2.45, 2.75) is 23.8 Å². The lowest BCUT2D eigenvalue weighted by Crippen LogP contribution is -2.34. The second-order valence-electron chi connectivity index (χ2n) is 4.86. The normalized spacial score (nSPS) is 11.3. The highest BCUT2D eigenvalue weighted by molar-refractivity contribution is 7.91. The maximum absolute atomic E-state index is 14.1. The quantitative estimate of drug-likeness (QED) is 0.821. The molecule has 0 aliphatic carbocycles. The van der Waals surface area contributed by atoms with Gasteiger partial charge >= 0.3 is 6.03 Å². The van der Waals surface area contributed by atoms with Gasteiger partial charge in [0.25, 0.3) is 0 Å². The van der Waals surface area contributed by atoms with E-state index < -0.39 is 26.7 Å². The molecule has 0 atom stereocenters. The summed E-state index contributed by atoms with van der Waals surface area (Å²) in [7, 11) is -2.82. The average molecular weight is 355 g/mol. The lowest BCUT2D eigenvalue weighted by Gasteiger charge is -2.17. The Bertz CT molecular complexity index is 844. The van der Waals surface area contributed by atoms with Crippen LogP contribution in [-0.4, -0.2) is 49.3 Å². The van der Waals surface area contributed by atoms with Gasteiger partial charge in [-0.2, -0.15) is 4.68 Å². The summed E-state index contributed by atoms with van der Waals surface area (Å²) in [6, 6.07) is 5.02. The molecule has 130 valence electrons. The van der Waals surface area contributed by atoms with E-state index in [0.717, 1.165) is 6.20 Å². The molecule has 1 aromatic heterocycles. The van der Waals surface area contributed by atoms with E-state index in [1.165, 1.54) is 30.2 Å². The molecule has 0 radical (unpaired) electrons. The van der Waals surface area contributed by atoms with Gasteiger partial charge in [-0.15, -0.1) is 5.10 Å². The van der Waals surface area contributed by atoms with E-state index in [9.17, 15) is 17.6 Å². The Balaban J connectivity index is 2.47. The minimum Gasteiger partial charge on any atom is -0.497 e. The second-order valence-corrected chi connectivity index (χ2v) is 6.73. The maximum atomic E-state index is 14.1. The highest BCUT2D eigenvalue weighted by atomic mass is 32.2. The van der Waals surface area contributed by atoms with E-state index in [1.807, 2.05) is 0 Å². The molecule has 2 rings (SSSR count). The molecule has 1 aromatic carbocycles. The zero-order valence-corrected chi connectivity index (χ0v) is 14.4. The minimum atomic E-state index is -4.21. The second kappa shape index (κ2) is 7.00. The first-order valence-electron chi connectivity index (χ1n) is 7.28. The monoisotopic (exact) mass is 355 g/mol. The van der Waals surface area contributed by atoms with E-state index in [1.54, 1.807) is 19.9 Å². The topological polar surface area (TPSA) is 81.5 Å². The predicted molar refractivity (Wildman–Crippen MR) is 84.3 cm³/mol. The average Bonchev–Trinajstić information content (AvgIpc) is 2.98. The molecule has 0 spiro atoms. The number of amides is 1. The summed E-state index contributed by atoms with van der Waals surface area (Å²) in [4.78, 5) is 13.4. The molecule has 0 aliphatic heterocycles. The van der Waals surface area contributed by atoms with E-state index >= 15 is 0 Å². The SMILES string of the molecule is CCN(CC)C(=O)n1cc(F)c(S(=O)(=O)c2cccc(OC)c2)n1. The van der Waals surface area contributed by atoms with Crippen molar-refractivity contribution in [1.29, 1.82) is 0 Å². The van der Waals surface area contributed by atoms with Gasteiger partial charge in [0, 0.05) is 13.1 Å². The Labute approximate surface area is 139 Å². The third-order valence-corrected chi connectivity index (χ3v) is 5.13. The zero-order valence-electron chi connectivity index (χ0n) is 13.6. The van der Waals surface area contributed by atoms with Crippen LogP contribution in [0.1, 0.15) is 13.8 Å². The Morgan fingerprint density at radius 1 is 1.33 bits per heavy atom. The van der Waals surface area contributed by atoms with Crippen molar-refractivity contribution in [3.8, 4) is 5.75 Å². The maximum Gasteiger partial charge on any atom is 0.344 e. The number of aromatic nitrogens is 2. The Morgan fingerprint density at radius 2 is 2.00 bits per heavy atom. The number of hydrogen-bond acceptors (Lipinski definition) is 5. The Morgan fingerprint density at radius 3 is 2.58 bits per heavy atom. The van der Waals surface area contributed by atoms with Crippen molar-refractivity contribution < 1.29 is 22.3 Å². The van der Waals surface area contributed by atoms with Crippen LogP contribution >= 0.6 is 0 Å². The van der Waals surface area contributed by atoms with Crippen LogP contribution < -0.4 is 4.74 Å². The fourth-order valence-corrected chi connectivity index (χ4v) is 3.39. The van der Waals surface area contributed by atoms with Crippen LogP contribution in [0.5, 0.6) is 5.75 Å². The summed E-state index contributed by atoms with van der Waals surface area (Å²) >= 11 is 0. The van der Waals surface area contributed by atoms with E-state index in [-0.39, 0.29) is 4.90 Å². The molecule has 0 bridgehead atoms. The molecule has 0 N–H and O–H groups in total. The number of benzene rings is 1. The molecule has 9 heteroatoms. The highest BCUT2D eigenvalue weighted by Gasteiger charge is 2.28.